The molecule has 1 aliphatic heterocycles. The third-order valence-electron chi connectivity index (χ3n) is 7.06. The first-order valence-corrected chi connectivity index (χ1v) is 13.2. The van der Waals surface area contributed by atoms with E-state index in [1.807, 2.05) is 6.07 Å². The number of carbonyl (C=O) groups is 4. The first kappa shape index (κ1) is 25.7. The van der Waals surface area contributed by atoms with Crippen LogP contribution in [0.1, 0.15) is 58.8 Å². The molecule has 1 atom stereocenters. The SMILES string of the molecule is CNC(=O)C(CCC=O)N1Cc2ccc(CNC(=O)OC3CC(c4nccc5scnc45)C3)c(F)c2C1=O. The van der Waals surface area contributed by atoms with Crippen molar-refractivity contribution in [3.05, 3.63) is 58.1 Å². The maximum atomic E-state index is 15.3. The Balaban J connectivity index is 1.17. The summed E-state index contributed by atoms with van der Waals surface area (Å²) >= 11 is 1.55. The van der Waals surface area contributed by atoms with Crippen LogP contribution < -0.4 is 10.6 Å². The number of aromatic nitrogens is 2. The lowest BCUT2D eigenvalue weighted by Crippen LogP contribution is -2.46. The number of benzene rings is 1. The van der Waals surface area contributed by atoms with E-state index >= 15 is 4.39 Å². The molecule has 0 bridgehead atoms. The van der Waals surface area contributed by atoms with E-state index in [2.05, 4.69) is 20.6 Å². The molecule has 1 aliphatic carbocycles. The predicted octanol–water partition coefficient (Wildman–Crippen LogP) is 3.05. The molecule has 198 valence electrons. The summed E-state index contributed by atoms with van der Waals surface area (Å²) in [6.07, 6.45) is 2.98. The van der Waals surface area contributed by atoms with Crippen LogP contribution in [-0.2, 0) is 27.4 Å². The zero-order chi connectivity index (χ0) is 26.8. The predicted molar refractivity (Wildman–Crippen MR) is 136 cm³/mol. The number of rotatable bonds is 9. The zero-order valence-corrected chi connectivity index (χ0v) is 21.4. The van der Waals surface area contributed by atoms with Crippen molar-refractivity contribution >= 4 is 45.7 Å². The molecule has 3 amide bonds. The second-order valence-corrected chi connectivity index (χ2v) is 10.2. The van der Waals surface area contributed by atoms with Crippen molar-refractivity contribution in [2.75, 3.05) is 7.05 Å². The summed E-state index contributed by atoms with van der Waals surface area (Å²) in [6.45, 7) is -0.102. The van der Waals surface area contributed by atoms with E-state index in [1.165, 1.54) is 18.0 Å². The van der Waals surface area contributed by atoms with E-state index < -0.39 is 29.8 Å². The smallest absolute Gasteiger partial charge is 0.407 e. The number of nitrogens with one attached hydrogen (secondary N) is 2. The van der Waals surface area contributed by atoms with E-state index in [1.54, 1.807) is 29.1 Å². The van der Waals surface area contributed by atoms with Gasteiger partial charge in [-0.25, -0.2) is 14.2 Å². The number of ether oxygens (including phenoxy) is 1. The Morgan fingerprint density at radius 3 is 2.87 bits per heavy atom. The van der Waals surface area contributed by atoms with Crippen molar-refractivity contribution in [3.8, 4) is 0 Å². The van der Waals surface area contributed by atoms with Crippen molar-refractivity contribution in [1.29, 1.82) is 0 Å². The highest BCUT2D eigenvalue weighted by Crippen LogP contribution is 2.40. The normalized spacial score (nSPS) is 19.0. The van der Waals surface area contributed by atoms with Crippen LogP contribution in [0.4, 0.5) is 9.18 Å². The van der Waals surface area contributed by atoms with E-state index in [4.69, 9.17) is 4.74 Å². The Bertz CT molecular complexity index is 1410. The largest absolute Gasteiger partial charge is 0.446 e. The van der Waals surface area contributed by atoms with Gasteiger partial charge in [0.15, 0.2) is 0 Å². The molecule has 0 radical (unpaired) electrons. The molecule has 2 aromatic heterocycles. The molecule has 2 N–H and O–H groups in total. The summed E-state index contributed by atoms with van der Waals surface area (Å²) in [5.41, 5.74) is 4.04. The van der Waals surface area contributed by atoms with Crippen LogP contribution in [0.25, 0.3) is 10.2 Å². The Labute approximate surface area is 221 Å². The third kappa shape index (κ3) is 4.83. The number of thiazole rings is 1. The number of nitrogens with zero attached hydrogens (tertiary/aromatic N) is 3. The van der Waals surface area contributed by atoms with Crippen LogP contribution in [0, 0.1) is 5.82 Å². The molecule has 1 saturated carbocycles. The molecule has 10 nitrogen and oxygen atoms in total. The number of amides is 3. The molecular formula is C26H26FN5O5S. The van der Waals surface area contributed by atoms with Gasteiger partial charge in [-0.3, -0.25) is 14.6 Å². The monoisotopic (exact) mass is 539 g/mol. The van der Waals surface area contributed by atoms with Gasteiger partial charge in [0.25, 0.3) is 5.91 Å². The molecule has 38 heavy (non-hydrogen) atoms. The van der Waals surface area contributed by atoms with Gasteiger partial charge >= 0.3 is 6.09 Å². The van der Waals surface area contributed by atoms with Gasteiger partial charge in [0.05, 0.1) is 21.5 Å². The maximum absolute atomic E-state index is 15.3. The number of hydrogen-bond donors (Lipinski definition) is 2. The average molecular weight is 540 g/mol. The molecule has 0 spiro atoms. The number of hydrogen-bond acceptors (Lipinski definition) is 8. The molecular weight excluding hydrogens is 513 g/mol. The molecule has 3 heterocycles. The van der Waals surface area contributed by atoms with Crippen molar-refractivity contribution in [2.24, 2.45) is 0 Å². The standard InChI is InChI=1S/C26H26FN5O5S/c1-28-24(34)18(3-2-8-33)32-12-15-5-4-14(21(27)20(15)25(32)35)11-30-26(36)37-17-9-16(10-17)22-23-19(6-7-29-22)38-13-31-23/h4-8,13,16-18H,2-3,9-12H2,1H3,(H,28,34)(H,30,36). The summed E-state index contributed by atoms with van der Waals surface area (Å²) in [6, 6.07) is 4.16. The van der Waals surface area contributed by atoms with Gasteiger partial charge < -0.3 is 25.1 Å². The summed E-state index contributed by atoms with van der Waals surface area (Å²) in [5, 5.41) is 5.05. The van der Waals surface area contributed by atoms with E-state index in [9.17, 15) is 19.2 Å². The van der Waals surface area contributed by atoms with Gasteiger partial charge in [0.2, 0.25) is 5.91 Å². The number of halogens is 1. The van der Waals surface area contributed by atoms with E-state index in [-0.39, 0.29) is 49.1 Å². The molecule has 3 aromatic rings. The van der Waals surface area contributed by atoms with Gasteiger partial charge in [-0.2, -0.15) is 0 Å². The van der Waals surface area contributed by atoms with Crippen molar-refractivity contribution in [1.82, 2.24) is 25.5 Å². The van der Waals surface area contributed by atoms with E-state index in [0.717, 1.165) is 15.9 Å². The van der Waals surface area contributed by atoms with Gasteiger partial charge in [0.1, 0.15) is 29.8 Å². The first-order chi connectivity index (χ1) is 18.4. The number of pyridine rings is 1. The maximum Gasteiger partial charge on any atom is 0.407 e. The molecule has 5 rings (SSSR count). The second-order valence-electron chi connectivity index (χ2n) is 9.32. The van der Waals surface area contributed by atoms with Gasteiger partial charge in [-0.1, -0.05) is 12.1 Å². The van der Waals surface area contributed by atoms with Crippen LogP contribution in [-0.4, -0.2) is 58.3 Å². The Hall–Kier alpha value is -3.93. The lowest BCUT2D eigenvalue weighted by molar-refractivity contribution is -0.125. The van der Waals surface area contributed by atoms with Gasteiger partial charge in [0, 0.05) is 44.2 Å². The molecule has 1 aromatic carbocycles. The van der Waals surface area contributed by atoms with Gasteiger partial charge in [-0.05, 0) is 30.9 Å². The van der Waals surface area contributed by atoms with Crippen LogP contribution in [0.5, 0.6) is 0 Å². The number of carbonyl (C=O) groups excluding carboxylic acids is 4. The zero-order valence-electron chi connectivity index (χ0n) is 20.6. The summed E-state index contributed by atoms with van der Waals surface area (Å²) in [5.74, 6) is -1.62. The highest BCUT2D eigenvalue weighted by atomic mass is 32.1. The minimum absolute atomic E-state index is 0.0596. The van der Waals surface area contributed by atoms with Crippen LogP contribution in [0.3, 0.4) is 0 Å². The third-order valence-corrected chi connectivity index (χ3v) is 7.86. The number of fused-ring (bicyclic) bond motifs is 2. The minimum atomic E-state index is -0.884. The van der Waals surface area contributed by atoms with Crippen molar-refractivity contribution in [2.45, 2.75) is 56.8 Å². The Kier molecular flexibility index (Phi) is 7.32. The molecule has 1 unspecified atom stereocenters. The second kappa shape index (κ2) is 10.8. The minimum Gasteiger partial charge on any atom is -0.446 e. The van der Waals surface area contributed by atoms with Gasteiger partial charge in [-0.15, -0.1) is 11.3 Å². The van der Waals surface area contributed by atoms with E-state index in [0.29, 0.717) is 24.7 Å². The van der Waals surface area contributed by atoms with Crippen molar-refractivity contribution < 1.29 is 28.3 Å². The number of alkyl carbamates (subject to hydrolysis) is 1. The quantitative estimate of drug-likeness (QED) is 0.400. The fraction of sp³-hybridized carbons (Fsp3) is 0.385. The Morgan fingerprint density at radius 1 is 1.29 bits per heavy atom. The summed E-state index contributed by atoms with van der Waals surface area (Å²) in [4.78, 5) is 58.7. The summed E-state index contributed by atoms with van der Waals surface area (Å²) < 4.78 is 21.9. The topological polar surface area (TPSA) is 131 Å². The lowest BCUT2D eigenvalue weighted by atomic mass is 9.79. The van der Waals surface area contributed by atoms with Crippen LogP contribution in [0.15, 0.2) is 29.9 Å². The average Bonchev–Trinajstić information content (AvgIpc) is 3.50. The first-order valence-electron chi connectivity index (χ1n) is 12.3. The molecule has 0 saturated heterocycles. The van der Waals surface area contributed by atoms with Crippen LogP contribution in [0.2, 0.25) is 0 Å². The lowest BCUT2D eigenvalue weighted by Gasteiger charge is -2.34. The number of likely N-dealkylation sites (N-methyl/N-ethyl adjacent to an activating group) is 1. The van der Waals surface area contributed by atoms with Crippen LogP contribution >= 0.6 is 11.3 Å². The number of aldehydes is 1. The van der Waals surface area contributed by atoms with Crippen molar-refractivity contribution in [3.63, 3.8) is 0 Å². The Morgan fingerprint density at radius 2 is 2.11 bits per heavy atom. The highest BCUT2D eigenvalue weighted by Gasteiger charge is 2.39. The summed E-state index contributed by atoms with van der Waals surface area (Å²) in [7, 11) is 1.44. The molecule has 2 aliphatic rings. The molecule has 1 fully saturated rings. The molecule has 12 heteroatoms. The fourth-order valence-corrected chi connectivity index (χ4v) is 5.67. The highest BCUT2D eigenvalue weighted by molar-refractivity contribution is 7.16. The fourth-order valence-electron chi connectivity index (χ4n) is 4.99.